The van der Waals surface area contributed by atoms with Crippen LogP contribution < -0.4 is 4.74 Å². The number of hydrogen-bond donors (Lipinski definition) is 0. The van der Waals surface area contributed by atoms with E-state index < -0.39 is 0 Å². The van der Waals surface area contributed by atoms with Crippen molar-refractivity contribution in [3.8, 4) is 5.88 Å². The molecular formula is C19H30N4O2. The van der Waals surface area contributed by atoms with Crippen molar-refractivity contribution in [3.05, 3.63) is 23.9 Å². The van der Waals surface area contributed by atoms with E-state index in [2.05, 4.69) is 21.8 Å². The molecule has 3 rings (SSSR count). The fourth-order valence-corrected chi connectivity index (χ4v) is 3.97. The second-order valence-electron chi connectivity index (χ2n) is 7.52. The maximum atomic E-state index is 12.9. The number of carbonyl (C=O) groups excluding carboxylic acids is 1. The largest absolute Gasteiger partial charge is 0.476 e. The van der Waals surface area contributed by atoms with Gasteiger partial charge in [0.1, 0.15) is 6.61 Å². The normalized spacial score (nSPS) is 24.2. The van der Waals surface area contributed by atoms with Crippen LogP contribution in [0, 0.1) is 5.92 Å². The molecule has 25 heavy (non-hydrogen) atoms. The summed E-state index contributed by atoms with van der Waals surface area (Å²) in [5.41, 5.74) is 0.678. The standard InChI is InChI=1S/C19H30N4O2/c1-21(2)11-12-25-18-13-15(6-8-20-18)19(24)23-10-7-17-16(14-23)5-4-9-22(17)3/h6,8,13,16-17H,4-5,7,9-12,14H2,1-3H3/t16-,17-/m1/s1. The van der Waals surface area contributed by atoms with Crippen LogP contribution in [0.25, 0.3) is 0 Å². The van der Waals surface area contributed by atoms with E-state index in [1.807, 2.05) is 19.0 Å². The van der Waals surface area contributed by atoms with E-state index in [0.717, 1.165) is 26.1 Å². The third-order valence-electron chi connectivity index (χ3n) is 5.40. The second kappa shape index (κ2) is 8.15. The maximum absolute atomic E-state index is 12.9. The Morgan fingerprint density at radius 1 is 1.36 bits per heavy atom. The van der Waals surface area contributed by atoms with E-state index in [9.17, 15) is 4.79 Å². The van der Waals surface area contributed by atoms with Gasteiger partial charge < -0.3 is 19.4 Å². The number of aromatic nitrogens is 1. The van der Waals surface area contributed by atoms with Gasteiger partial charge in [-0.05, 0) is 58.9 Å². The molecule has 2 atom stereocenters. The molecule has 3 heterocycles. The first kappa shape index (κ1) is 18.1. The van der Waals surface area contributed by atoms with Crippen LogP contribution in [0.15, 0.2) is 18.3 Å². The average Bonchev–Trinajstić information content (AvgIpc) is 2.61. The lowest BCUT2D eigenvalue weighted by atomic mass is 9.84. The summed E-state index contributed by atoms with van der Waals surface area (Å²) in [6.45, 7) is 4.28. The highest BCUT2D eigenvalue weighted by molar-refractivity contribution is 5.94. The molecule has 0 saturated carbocycles. The van der Waals surface area contributed by atoms with Crippen LogP contribution in [-0.2, 0) is 0 Å². The van der Waals surface area contributed by atoms with Crippen LogP contribution >= 0.6 is 0 Å². The van der Waals surface area contributed by atoms with Crippen LogP contribution in [0.5, 0.6) is 5.88 Å². The van der Waals surface area contributed by atoms with Crippen LogP contribution in [0.2, 0.25) is 0 Å². The lowest BCUT2D eigenvalue weighted by Crippen LogP contribution is -2.53. The van der Waals surface area contributed by atoms with E-state index in [1.54, 1.807) is 18.3 Å². The minimum Gasteiger partial charge on any atom is -0.476 e. The number of pyridine rings is 1. The SMILES string of the molecule is CN(C)CCOc1cc(C(=O)N2CC[C@@H]3[C@H](CCCN3C)C2)ccn1. The van der Waals surface area contributed by atoms with Gasteiger partial charge in [-0.3, -0.25) is 4.79 Å². The Balaban J connectivity index is 1.61. The molecule has 2 aliphatic heterocycles. The van der Waals surface area contributed by atoms with Crippen molar-refractivity contribution < 1.29 is 9.53 Å². The van der Waals surface area contributed by atoms with Gasteiger partial charge in [0.25, 0.3) is 5.91 Å². The Hall–Kier alpha value is -1.66. The molecule has 1 aromatic heterocycles. The molecule has 2 fully saturated rings. The van der Waals surface area contributed by atoms with Crippen LogP contribution in [0.1, 0.15) is 29.6 Å². The monoisotopic (exact) mass is 346 g/mol. The zero-order valence-electron chi connectivity index (χ0n) is 15.6. The number of rotatable bonds is 5. The summed E-state index contributed by atoms with van der Waals surface area (Å²) in [5.74, 6) is 1.24. The molecule has 1 amide bonds. The molecule has 0 unspecified atom stereocenters. The van der Waals surface area contributed by atoms with Gasteiger partial charge in [0.15, 0.2) is 0 Å². The van der Waals surface area contributed by atoms with E-state index in [1.165, 1.54) is 19.4 Å². The smallest absolute Gasteiger partial charge is 0.254 e. The lowest BCUT2D eigenvalue weighted by molar-refractivity contribution is 0.0316. The fourth-order valence-electron chi connectivity index (χ4n) is 3.97. The molecular weight excluding hydrogens is 316 g/mol. The second-order valence-corrected chi connectivity index (χ2v) is 7.52. The maximum Gasteiger partial charge on any atom is 0.254 e. The van der Waals surface area contributed by atoms with Gasteiger partial charge in [0.2, 0.25) is 5.88 Å². The van der Waals surface area contributed by atoms with Gasteiger partial charge in [-0.15, -0.1) is 0 Å². The predicted molar refractivity (Wildman–Crippen MR) is 97.9 cm³/mol. The first-order chi connectivity index (χ1) is 12.0. The quantitative estimate of drug-likeness (QED) is 0.810. The van der Waals surface area contributed by atoms with E-state index in [-0.39, 0.29) is 5.91 Å². The highest BCUT2D eigenvalue weighted by atomic mass is 16.5. The summed E-state index contributed by atoms with van der Waals surface area (Å²) >= 11 is 0. The van der Waals surface area contributed by atoms with Crippen molar-refractivity contribution in [3.63, 3.8) is 0 Å². The highest BCUT2D eigenvalue weighted by Crippen LogP contribution is 2.30. The third-order valence-corrected chi connectivity index (χ3v) is 5.40. The molecule has 6 nitrogen and oxygen atoms in total. The summed E-state index contributed by atoms with van der Waals surface area (Å²) in [4.78, 5) is 23.7. The zero-order valence-corrected chi connectivity index (χ0v) is 15.6. The van der Waals surface area contributed by atoms with Crippen LogP contribution in [-0.4, -0.2) is 85.6 Å². The van der Waals surface area contributed by atoms with Crippen LogP contribution in [0.3, 0.4) is 0 Å². The first-order valence-electron chi connectivity index (χ1n) is 9.27. The number of hydrogen-bond acceptors (Lipinski definition) is 5. The Labute approximate surface area is 150 Å². The molecule has 1 aromatic rings. The van der Waals surface area contributed by atoms with E-state index >= 15 is 0 Å². The number of carbonyl (C=O) groups is 1. The first-order valence-corrected chi connectivity index (χ1v) is 9.27. The fraction of sp³-hybridized carbons (Fsp3) is 0.684. The van der Waals surface area contributed by atoms with Crippen molar-refractivity contribution in [2.75, 3.05) is 53.9 Å². The topological polar surface area (TPSA) is 48.9 Å². The van der Waals surface area contributed by atoms with Gasteiger partial charge in [0, 0.05) is 43.5 Å². The summed E-state index contributed by atoms with van der Waals surface area (Å²) in [7, 11) is 6.22. The van der Waals surface area contributed by atoms with Crippen molar-refractivity contribution >= 4 is 5.91 Å². The molecule has 2 saturated heterocycles. The molecule has 0 aromatic carbocycles. The van der Waals surface area contributed by atoms with E-state index in [4.69, 9.17) is 4.74 Å². The summed E-state index contributed by atoms with van der Waals surface area (Å²) < 4.78 is 5.66. The molecule has 0 bridgehead atoms. The summed E-state index contributed by atoms with van der Waals surface area (Å²) in [5, 5.41) is 0. The molecule has 0 aliphatic carbocycles. The molecule has 2 aliphatic rings. The van der Waals surface area contributed by atoms with Crippen LogP contribution in [0.4, 0.5) is 0 Å². The number of likely N-dealkylation sites (tertiary alicyclic amines) is 2. The van der Waals surface area contributed by atoms with Crippen molar-refractivity contribution in [2.45, 2.75) is 25.3 Å². The number of piperidine rings is 2. The summed E-state index contributed by atoms with van der Waals surface area (Å²) in [6, 6.07) is 4.21. The number of amides is 1. The number of fused-ring (bicyclic) bond motifs is 1. The van der Waals surface area contributed by atoms with Gasteiger partial charge in [-0.25, -0.2) is 4.98 Å². The van der Waals surface area contributed by atoms with Gasteiger partial charge in [-0.1, -0.05) is 0 Å². The van der Waals surface area contributed by atoms with Gasteiger partial charge in [0.05, 0.1) is 0 Å². The molecule has 0 N–H and O–H groups in total. The Morgan fingerprint density at radius 3 is 3.00 bits per heavy atom. The Kier molecular flexibility index (Phi) is 5.91. The molecule has 0 radical (unpaired) electrons. The van der Waals surface area contributed by atoms with Crippen molar-refractivity contribution in [2.24, 2.45) is 5.92 Å². The van der Waals surface area contributed by atoms with Crippen molar-refractivity contribution in [1.82, 2.24) is 19.7 Å². The van der Waals surface area contributed by atoms with Crippen molar-refractivity contribution in [1.29, 1.82) is 0 Å². The minimum atomic E-state index is 0.103. The zero-order chi connectivity index (χ0) is 17.8. The third kappa shape index (κ3) is 4.50. The summed E-state index contributed by atoms with van der Waals surface area (Å²) in [6.07, 6.45) is 5.20. The average molecular weight is 346 g/mol. The molecule has 0 spiro atoms. The lowest BCUT2D eigenvalue weighted by Gasteiger charge is -2.46. The Morgan fingerprint density at radius 2 is 2.20 bits per heavy atom. The van der Waals surface area contributed by atoms with Gasteiger partial charge >= 0.3 is 0 Å². The number of likely N-dealkylation sites (N-methyl/N-ethyl adjacent to an activating group) is 1. The Bertz CT molecular complexity index is 593. The van der Waals surface area contributed by atoms with Gasteiger partial charge in [-0.2, -0.15) is 0 Å². The molecule has 138 valence electrons. The molecule has 6 heteroatoms. The predicted octanol–water partition coefficient (Wildman–Crippen LogP) is 1.58. The number of nitrogens with zero attached hydrogens (tertiary/aromatic N) is 4. The highest BCUT2D eigenvalue weighted by Gasteiger charge is 2.35. The minimum absolute atomic E-state index is 0.103. The van der Waals surface area contributed by atoms with E-state index in [0.29, 0.717) is 30.0 Å². The number of ether oxygens (including phenoxy) is 1.